The third-order valence-corrected chi connectivity index (χ3v) is 4.78. The highest BCUT2D eigenvalue weighted by atomic mass is 35.5. The van der Waals surface area contributed by atoms with Gasteiger partial charge in [-0.15, -0.1) is 0 Å². The zero-order valence-corrected chi connectivity index (χ0v) is 15.1. The van der Waals surface area contributed by atoms with Crippen molar-refractivity contribution in [2.75, 3.05) is 7.11 Å². The van der Waals surface area contributed by atoms with E-state index >= 15 is 0 Å². The molecule has 1 heterocycles. The van der Waals surface area contributed by atoms with Gasteiger partial charge in [-0.1, -0.05) is 47.5 Å². The Labute approximate surface area is 151 Å². The van der Waals surface area contributed by atoms with Crippen molar-refractivity contribution in [2.24, 2.45) is 0 Å². The summed E-state index contributed by atoms with van der Waals surface area (Å²) in [5.74, 6) is 0.298. The molecule has 1 N–H and O–H groups in total. The molecular weight excluding hydrogens is 340 g/mol. The van der Waals surface area contributed by atoms with Crippen LogP contribution in [0.15, 0.2) is 42.5 Å². The molecule has 1 saturated heterocycles. The van der Waals surface area contributed by atoms with Gasteiger partial charge in [0.15, 0.2) is 0 Å². The first-order valence-electron chi connectivity index (χ1n) is 7.89. The number of nitrogens with zero attached hydrogens (tertiary/aromatic N) is 1. The number of imide groups is 1. The second-order valence-corrected chi connectivity index (χ2v) is 6.65. The maximum absolute atomic E-state index is 13.0. The van der Waals surface area contributed by atoms with Crippen LogP contribution in [0.3, 0.4) is 0 Å². The largest absolute Gasteiger partial charge is 0.496 e. The van der Waals surface area contributed by atoms with Crippen LogP contribution in [0.1, 0.15) is 23.6 Å². The van der Waals surface area contributed by atoms with E-state index in [1.54, 1.807) is 38.3 Å². The number of halogens is 1. The Bertz CT molecular complexity index is 852. The van der Waals surface area contributed by atoms with Crippen molar-refractivity contribution in [1.29, 1.82) is 0 Å². The fourth-order valence-electron chi connectivity index (χ4n) is 3.09. The minimum atomic E-state index is -1.19. The number of rotatable bonds is 4. The smallest absolute Gasteiger partial charge is 0.325 e. The van der Waals surface area contributed by atoms with Crippen LogP contribution in [0.2, 0.25) is 5.02 Å². The van der Waals surface area contributed by atoms with Crippen molar-refractivity contribution in [2.45, 2.75) is 25.9 Å². The number of amides is 3. The molecule has 6 heteroatoms. The van der Waals surface area contributed by atoms with E-state index in [-0.39, 0.29) is 12.5 Å². The van der Waals surface area contributed by atoms with Crippen LogP contribution in [0.25, 0.3) is 0 Å². The molecule has 2 aromatic carbocycles. The normalized spacial score (nSPS) is 19.9. The van der Waals surface area contributed by atoms with Crippen molar-refractivity contribution in [3.63, 3.8) is 0 Å². The zero-order valence-electron chi connectivity index (χ0n) is 14.3. The first kappa shape index (κ1) is 17.3. The van der Waals surface area contributed by atoms with Crippen LogP contribution < -0.4 is 10.1 Å². The van der Waals surface area contributed by atoms with E-state index < -0.39 is 11.6 Å². The van der Waals surface area contributed by atoms with Crippen molar-refractivity contribution in [3.8, 4) is 5.75 Å². The molecule has 25 heavy (non-hydrogen) atoms. The molecule has 3 rings (SSSR count). The van der Waals surface area contributed by atoms with Gasteiger partial charge in [0.25, 0.3) is 5.91 Å². The maximum Gasteiger partial charge on any atom is 0.325 e. The van der Waals surface area contributed by atoms with Crippen molar-refractivity contribution >= 4 is 23.5 Å². The Morgan fingerprint density at radius 1 is 1.20 bits per heavy atom. The van der Waals surface area contributed by atoms with Crippen molar-refractivity contribution < 1.29 is 14.3 Å². The fourth-order valence-corrected chi connectivity index (χ4v) is 3.42. The lowest BCUT2D eigenvalue weighted by atomic mass is 9.92. The van der Waals surface area contributed by atoms with Gasteiger partial charge in [0, 0.05) is 16.1 Å². The lowest BCUT2D eigenvalue weighted by Gasteiger charge is -2.23. The van der Waals surface area contributed by atoms with Gasteiger partial charge in [0.1, 0.15) is 11.3 Å². The molecule has 3 amide bonds. The average molecular weight is 359 g/mol. The van der Waals surface area contributed by atoms with Gasteiger partial charge >= 0.3 is 6.03 Å². The molecule has 5 nitrogen and oxygen atoms in total. The molecule has 0 radical (unpaired) electrons. The van der Waals surface area contributed by atoms with Gasteiger partial charge in [-0.2, -0.15) is 0 Å². The van der Waals surface area contributed by atoms with Crippen LogP contribution in [0.4, 0.5) is 4.79 Å². The lowest BCUT2D eigenvalue weighted by Crippen LogP contribution is -2.41. The molecule has 0 bridgehead atoms. The highest BCUT2D eigenvalue weighted by molar-refractivity contribution is 6.32. The average Bonchev–Trinajstić information content (AvgIpc) is 2.79. The van der Waals surface area contributed by atoms with Gasteiger partial charge in [-0.3, -0.25) is 9.69 Å². The lowest BCUT2D eigenvalue weighted by molar-refractivity contribution is -0.131. The summed E-state index contributed by atoms with van der Waals surface area (Å²) in [6, 6.07) is 12.2. The third kappa shape index (κ3) is 2.96. The summed E-state index contributed by atoms with van der Waals surface area (Å²) in [5, 5.41) is 3.21. The monoisotopic (exact) mass is 358 g/mol. The summed E-state index contributed by atoms with van der Waals surface area (Å²) in [6.45, 7) is 3.75. The predicted molar refractivity (Wildman–Crippen MR) is 95.6 cm³/mol. The number of ether oxygens (including phenoxy) is 1. The van der Waals surface area contributed by atoms with E-state index in [2.05, 4.69) is 5.32 Å². The van der Waals surface area contributed by atoms with Gasteiger partial charge in [-0.05, 0) is 26.0 Å². The Kier molecular flexibility index (Phi) is 4.43. The minimum absolute atomic E-state index is 0.134. The van der Waals surface area contributed by atoms with E-state index in [1.165, 1.54) is 4.90 Å². The summed E-state index contributed by atoms with van der Waals surface area (Å²) >= 11 is 6.24. The zero-order chi connectivity index (χ0) is 18.2. The van der Waals surface area contributed by atoms with Crippen LogP contribution in [0, 0.1) is 6.92 Å². The number of hydrogen-bond donors (Lipinski definition) is 1. The highest BCUT2D eigenvalue weighted by Crippen LogP contribution is 2.34. The van der Waals surface area contributed by atoms with Gasteiger partial charge in [0.05, 0.1) is 13.7 Å². The van der Waals surface area contributed by atoms with Crippen LogP contribution in [-0.2, 0) is 16.9 Å². The molecule has 0 spiro atoms. The molecule has 1 aliphatic rings. The van der Waals surface area contributed by atoms with Crippen LogP contribution in [0.5, 0.6) is 5.75 Å². The minimum Gasteiger partial charge on any atom is -0.496 e. The summed E-state index contributed by atoms with van der Waals surface area (Å²) in [7, 11) is 1.56. The predicted octanol–water partition coefficient (Wildman–Crippen LogP) is 3.62. The maximum atomic E-state index is 13.0. The van der Waals surface area contributed by atoms with Gasteiger partial charge in [0.2, 0.25) is 0 Å². The number of carbonyl (C=O) groups excluding carboxylic acids is 2. The van der Waals surface area contributed by atoms with E-state index in [0.29, 0.717) is 16.3 Å². The second-order valence-electron chi connectivity index (χ2n) is 6.24. The Hall–Kier alpha value is -2.53. The molecule has 1 atom stereocenters. The van der Waals surface area contributed by atoms with E-state index in [9.17, 15) is 9.59 Å². The third-order valence-electron chi connectivity index (χ3n) is 4.45. The summed E-state index contributed by atoms with van der Waals surface area (Å²) in [5.41, 5.74) is 1.19. The Morgan fingerprint density at radius 2 is 1.92 bits per heavy atom. The molecular formula is C19H19ClN2O3. The molecule has 1 aliphatic heterocycles. The molecule has 0 saturated carbocycles. The number of benzene rings is 2. The topological polar surface area (TPSA) is 58.6 Å². The van der Waals surface area contributed by atoms with E-state index in [4.69, 9.17) is 16.3 Å². The highest BCUT2D eigenvalue weighted by Gasteiger charge is 2.49. The number of carbonyl (C=O) groups is 2. The van der Waals surface area contributed by atoms with Crippen LogP contribution in [-0.4, -0.2) is 23.9 Å². The summed E-state index contributed by atoms with van der Waals surface area (Å²) in [6.07, 6.45) is 0. The van der Waals surface area contributed by atoms with E-state index in [1.807, 2.05) is 25.1 Å². The first-order chi connectivity index (χ1) is 11.9. The fraction of sp³-hybridized carbons (Fsp3) is 0.263. The Balaban J connectivity index is 1.95. The number of urea groups is 1. The van der Waals surface area contributed by atoms with Gasteiger partial charge in [-0.25, -0.2) is 4.79 Å². The molecule has 1 unspecified atom stereocenters. The number of nitrogens with one attached hydrogen (secondary N) is 1. The quantitative estimate of drug-likeness (QED) is 0.849. The second kappa shape index (κ2) is 6.41. The number of hydrogen-bond acceptors (Lipinski definition) is 3. The first-order valence-corrected chi connectivity index (χ1v) is 8.27. The molecule has 0 aromatic heterocycles. The van der Waals surface area contributed by atoms with Gasteiger partial charge < -0.3 is 10.1 Å². The molecule has 130 valence electrons. The van der Waals surface area contributed by atoms with Crippen LogP contribution >= 0.6 is 11.6 Å². The molecule has 1 fully saturated rings. The summed E-state index contributed by atoms with van der Waals surface area (Å²) < 4.78 is 5.35. The SMILES string of the molecule is COc1ccc(C)cc1CN1C(=O)NC(C)(c2ccccc2Cl)C1=O. The molecule has 0 aliphatic carbocycles. The molecule has 2 aromatic rings. The number of aryl methyl sites for hydroxylation is 1. The van der Waals surface area contributed by atoms with E-state index in [0.717, 1.165) is 11.1 Å². The number of methoxy groups -OCH3 is 1. The Morgan fingerprint density at radius 3 is 2.60 bits per heavy atom. The summed E-state index contributed by atoms with van der Waals surface area (Å²) in [4.78, 5) is 26.7. The van der Waals surface area contributed by atoms with Crippen molar-refractivity contribution in [3.05, 3.63) is 64.2 Å². The van der Waals surface area contributed by atoms with Crippen molar-refractivity contribution in [1.82, 2.24) is 10.2 Å². The standard InChI is InChI=1S/C19H19ClN2O3/c1-12-8-9-16(25-3)13(10-12)11-22-17(23)19(2,21-18(22)24)14-6-4-5-7-15(14)20/h4-10H,11H2,1-3H3,(H,21,24).